The zero-order valence-electron chi connectivity index (χ0n) is 18.8. The fraction of sp³-hybridized carbons (Fsp3) is 0.462. The number of benzene rings is 1. The zero-order valence-corrected chi connectivity index (χ0v) is 18.8. The summed E-state index contributed by atoms with van der Waals surface area (Å²) in [6.07, 6.45) is 7.29. The third-order valence-corrected chi connectivity index (χ3v) is 6.41. The van der Waals surface area contributed by atoms with Gasteiger partial charge in [-0.25, -0.2) is 4.98 Å². The summed E-state index contributed by atoms with van der Waals surface area (Å²) in [6.45, 7) is 12.9. The summed E-state index contributed by atoms with van der Waals surface area (Å²) in [5.41, 5.74) is 4.94. The van der Waals surface area contributed by atoms with Gasteiger partial charge in [0.1, 0.15) is 5.82 Å². The standard InChI is InChI=1S/C26H35N5/c1-4-16-30(17-5-2)18-19-31-23-13-7-6-12-22(23)28-25(31)20-29(3)24-14-8-10-21-11-9-15-27-26(21)24/h6-7,9,11-13,15,24H,1-2,4-5,8,10,14,16-20H2,3H3. The minimum Gasteiger partial charge on any atom is -0.326 e. The third kappa shape index (κ3) is 4.99. The second-order valence-electron chi connectivity index (χ2n) is 8.59. The molecule has 0 spiro atoms. The van der Waals surface area contributed by atoms with Gasteiger partial charge in [0, 0.05) is 19.3 Å². The van der Waals surface area contributed by atoms with Gasteiger partial charge in [-0.2, -0.15) is 0 Å². The van der Waals surface area contributed by atoms with Gasteiger partial charge in [0.05, 0.1) is 29.3 Å². The van der Waals surface area contributed by atoms with Gasteiger partial charge in [-0.3, -0.25) is 9.88 Å². The molecule has 5 heteroatoms. The van der Waals surface area contributed by atoms with Crippen molar-refractivity contribution in [3.63, 3.8) is 0 Å². The number of para-hydroxylation sites is 2. The van der Waals surface area contributed by atoms with Crippen molar-refractivity contribution < 1.29 is 0 Å². The van der Waals surface area contributed by atoms with Crippen molar-refractivity contribution >= 4 is 11.0 Å². The van der Waals surface area contributed by atoms with E-state index in [4.69, 9.17) is 9.97 Å². The lowest BCUT2D eigenvalue weighted by Gasteiger charge is -2.32. The van der Waals surface area contributed by atoms with Gasteiger partial charge in [0.2, 0.25) is 0 Å². The Hall–Kier alpha value is -2.24. The molecule has 4 rings (SSSR count). The van der Waals surface area contributed by atoms with Crippen LogP contribution in [0.1, 0.15) is 48.8 Å². The van der Waals surface area contributed by atoms with Crippen LogP contribution in [-0.2, 0) is 19.5 Å². The molecular formula is C26H35N5. The van der Waals surface area contributed by atoms with Gasteiger partial charge in [0.15, 0.2) is 0 Å². The van der Waals surface area contributed by atoms with E-state index in [0.717, 1.165) is 69.7 Å². The quantitative estimate of drug-likeness (QED) is 0.480. The Morgan fingerprint density at radius 3 is 2.68 bits per heavy atom. The topological polar surface area (TPSA) is 37.2 Å². The van der Waals surface area contributed by atoms with Crippen LogP contribution in [0.4, 0.5) is 0 Å². The van der Waals surface area contributed by atoms with Crippen LogP contribution in [0.2, 0.25) is 0 Å². The van der Waals surface area contributed by atoms with Crippen LogP contribution in [0, 0.1) is 13.8 Å². The molecule has 0 N–H and O–H groups in total. The van der Waals surface area contributed by atoms with Crippen LogP contribution in [-0.4, -0.2) is 51.0 Å². The molecule has 2 radical (unpaired) electrons. The Bertz CT molecular complexity index is 973. The number of fused-ring (bicyclic) bond motifs is 2. The Balaban J connectivity index is 1.57. The van der Waals surface area contributed by atoms with Crippen molar-refractivity contribution in [3.8, 4) is 0 Å². The lowest BCUT2D eigenvalue weighted by molar-refractivity contribution is 0.200. The highest BCUT2D eigenvalue weighted by Crippen LogP contribution is 2.33. The van der Waals surface area contributed by atoms with Crippen molar-refractivity contribution in [2.24, 2.45) is 0 Å². The molecule has 1 aliphatic rings. The Morgan fingerprint density at radius 2 is 1.87 bits per heavy atom. The van der Waals surface area contributed by atoms with Crippen LogP contribution in [0.25, 0.3) is 11.0 Å². The SMILES string of the molecule is [CH2]CCN(CC[CH2])CCn1c(CN(C)C2CCCc3cccnc32)nc2ccccc21. The molecule has 1 aliphatic carbocycles. The maximum absolute atomic E-state index is 5.03. The Labute approximate surface area is 187 Å². The first-order valence-corrected chi connectivity index (χ1v) is 11.6. The van der Waals surface area contributed by atoms with E-state index in [1.165, 1.54) is 23.2 Å². The van der Waals surface area contributed by atoms with E-state index in [9.17, 15) is 0 Å². The van der Waals surface area contributed by atoms with E-state index < -0.39 is 0 Å². The minimum absolute atomic E-state index is 0.354. The zero-order chi connectivity index (χ0) is 21.6. The molecule has 1 atom stereocenters. The summed E-state index contributed by atoms with van der Waals surface area (Å²) in [7, 11) is 2.22. The maximum Gasteiger partial charge on any atom is 0.124 e. The molecule has 1 aromatic carbocycles. The molecule has 2 aromatic heterocycles. The average Bonchev–Trinajstić information content (AvgIpc) is 3.14. The number of aryl methyl sites for hydroxylation is 1. The number of rotatable bonds is 10. The smallest absolute Gasteiger partial charge is 0.124 e. The summed E-state index contributed by atoms with van der Waals surface area (Å²) >= 11 is 0. The van der Waals surface area contributed by atoms with Gasteiger partial charge in [-0.05, 0) is 76.0 Å². The largest absolute Gasteiger partial charge is 0.326 e. The van der Waals surface area contributed by atoms with E-state index in [-0.39, 0.29) is 0 Å². The van der Waals surface area contributed by atoms with E-state index in [0.29, 0.717) is 6.04 Å². The summed E-state index contributed by atoms with van der Waals surface area (Å²) in [4.78, 5) is 14.7. The van der Waals surface area contributed by atoms with E-state index in [2.05, 4.69) is 71.7 Å². The van der Waals surface area contributed by atoms with E-state index >= 15 is 0 Å². The van der Waals surface area contributed by atoms with Gasteiger partial charge in [-0.15, -0.1) is 0 Å². The third-order valence-electron chi connectivity index (χ3n) is 6.41. The number of hydrogen-bond acceptors (Lipinski definition) is 4. The molecule has 0 saturated heterocycles. The first kappa shape index (κ1) is 22.0. The molecule has 0 amide bonds. The van der Waals surface area contributed by atoms with Crippen LogP contribution in [0.5, 0.6) is 0 Å². The van der Waals surface area contributed by atoms with Crippen LogP contribution < -0.4 is 0 Å². The Morgan fingerprint density at radius 1 is 1.06 bits per heavy atom. The lowest BCUT2D eigenvalue weighted by atomic mass is 9.91. The number of pyridine rings is 1. The molecular weight excluding hydrogens is 382 g/mol. The normalized spacial score (nSPS) is 16.4. The molecule has 3 aromatic rings. The first-order valence-electron chi connectivity index (χ1n) is 11.6. The fourth-order valence-corrected chi connectivity index (χ4v) is 4.87. The highest BCUT2D eigenvalue weighted by atomic mass is 15.2. The number of nitrogens with zero attached hydrogens (tertiary/aromatic N) is 5. The molecule has 2 heterocycles. The number of aromatic nitrogens is 3. The fourth-order valence-electron chi connectivity index (χ4n) is 4.87. The highest BCUT2D eigenvalue weighted by molar-refractivity contribution is 5.75. The Kier molecular flexibility index (Phi) is 7.36. The molecule has 0 fully saturated rings. The number of hydrogen-bond donors (Lipinski definition) is 0. The predicted octanol–water partition coefficient (Wildman–Crippen LogP) is 4.69. The van der Waals surface area contributed by atoms with Crippen molar-refractivity contribution in [2.75, 3.05) is 26.7 Å². The van der Waals surface area contributed by atoms with Crippen molar-refractivity contribution in [1.82, 2.24) is 24.3 Å². The second-order valence-corrected chi connectivity index (χ2v) is 8.59. The molecule has 1 unspecified atom stereocenters. The van der Waals surface area contributed by atoms with Gasteiger partial charge < -0.3 is 9.47 Å². The summed E-state index contributed by atoms with van der Waals surface area (Å²) in [5, 5.41) is 0. The first-order chi connectivity index (χ1) is 15.2. The summed E-state index contributed by atoms with van der Waals surface area (Å²) in [6, 6.07) is 13.1. The average molecular weight is 418 g/mol. The lowest BCUT2D eigenvalue weighted by Crippen LogP contribution is -2.31. The second kappa shape index (κ2) is 10.4. The molecule has 164 valence electrons. The summed E-state index contributed by atoms with van der Waals surface area (Å²) < 4.78 is 2.41. The molecule has 0 bridgehead atoms. The summed E-state index contributed by atoms with van der Waals surface area (Å²) in [5.74, 6) is 1.14. The van der Waals surface area contributed by atoms with Crippen molar-refractivity contribution in [2.45, 2.75) is 51.2 Å². The van der Waals surface area contributed by atoms with Gasteiger partial charge >= 0.3 is 0 Å². The van der Waals surface area contributed by atoms with E-state index in [1.54, 1.807) is 0 Å². The van der Waals surface area contributed by atoms with E-state index in [1.807, 2.05) is 6.20 Å². The van der Waals surface area contributed by atoms with Crippen LogP contribution >= 0.6 is 0 Å². The molecule has 0 aliphatic heterocycles. The monoisotopic (exact) mass is 417 g/mol. The van der Waals surface area contributed by atoms with Crippen molar-refractivity contribution in [3.05, 3.63) is 73.5 Å². The van der Waals surface area contributed by atoms with Gasteiger partial charge in [0.25, 0.3) is 0 Å². The van der Waals surface area contributed by atoms with Crippen LogP contribution in [0.15, 0.2) is 42.6 Å². The van der Waals surface area contributed by atoms with Gasteiger partial charge in [-0.1, -0.05) is 32.0 Å². The van der Waals surface area contributed by atoms with Crippen molar-refractivity contribution in [1.29, 1.82) is 0 Å². The highest BCUT2D eigenvalue weighted by Gasteiger charge is 2.26. The predicted molar refractivity (Wildman–Crippen MR) is 128 cm³/mol. The molecule has 5 nitrogen and oxygen atoms in total. The minimum atomic E-state index is 0.354. The van der Waals surface area contributed by atoms with Crippen LogP contribution in [0.3, 0.4) is 0 Å². The molecule has 31 heavy (non-hydrogen) atoms. The number of imidazole rings is 1. The molecule has 0 saturated carbocycles. The maximum atomic E-state index is 5.03.